The molecule has 0 aromatic heterocycles. The van der Waals surface area contributed by atoms with Gasteiger partial charge in [0.05, 0.1) is 12.0 Å². The van der Waals surface area contributed by atoms with Crippen molar-refractivity contribution in [1.82, 2.24) is 4.72 Å². The molecule has 2 aromatic rings. The Morgan fingerprint density at radius 1 is 1.17 bits per heavy atom. The minimum Gasteiger partial charge on any atom is -0.496 e. The number of aryl methyl sites for hydroxylation is 1. The summed E-state index contributed by atoms with van der Waals surface area (Å²) in [5, 5.41) is 0. The van der Waals surface area contributed by atoms with Crippen LogP contribution in [0.1, 0.15) is 11.1 Å². The van der Waals surface area contributed by atoms with Gasteiger partial charge in [-0.3, -0.25) is 4.79 Å². The first-order valence-electron chi connectivity index (χ1n) is 6.97. The Morgan fingerprint density at radius 2 is 1.83 bits per heavy atom. The Labute approximate surface area is 139 Å². The lowest BCUT2D eigenvalue weighted by atomic mass is 10.2. The van der Waals surface area contributed by atoms with E-state index in [1.165, 1.54) is 55.7 Å². The number of ether oxygens (including phenoxy) is 1. The first-order valence-corrected chi connectivity index (χ1v) is 8.45. The molecule has 1 amide bonds. The molecule has 0 radical (unpaired) electrons. The molecule has 2 aromatic carbocycles. The highest BCUT2D eigenvalue weighted by Gasteiger charge is 2.17. The topological polar surface area (TPSA) is 72.5 Å². The third kappa shape index (κ3) is 4.42. The molecule has 0 bridgehead atoms. The van der Waals surface area contributed by atoms with E-state index in [4.69, 9.17) is 4.74 Å². The van der Waals surface area contributed by atoms with Crippen LogP contribution in [0.4, 0.5) is 4.39 Å². The van der Waals surface area contributed by atoms with Crippen molar-refractivity contribution < 1.29 is 22.3 Å². The smallest absolute Gasteiger partial charge is 0.264 e. The van der Waals surface area contributed by atoms with Gasteiger partial charge in [0.2, 0.25) is 0 Å². The molecular formula is C17H16FNO4S. The molecule has 0 saturated carbocycles. The van der Waals surface area contributed by atoms with Crippen molar-refractivity contribution in [2.24, 2.45) is 0 Å². The lowest BCUT2D eigenvalue weighted by Crippen LogP contribution is -2.29. The molecule has 5 nitrogen and oxygen atoms in total. The summed E-state index contributed by atoms with van der Waals surface area (Å²) in [6.07, 6.45) is 2.46. The van der Waals surface area contributed by atoms with Gasteiger partial charge in [0.25, 0.3) is 15.9 Å². The Hall–Kier alpha value is -2.67. The van der Waals surface area contributed by atoms with E-state index in [2.05, 4.69) is 0 Å². The average molecular weight is 349 g/mol. The minimum absolute atomic E-state index is 0.0377. The summed E-state index contributed by atoms with van der Waals surface area (Å²) in [5.41, 5.74) is 1.21. The van der Waals surface area contributed by atoms with E-state index in [1.54, 1.807) is 6.92 Å². The summed E-state index contributed by atoms with van der Waals surface area (Å²) < 4.78 is 44.2. The molecule has 7 heteroatoms. The first-order chi connectivity index (χ1) is 11.3. The fraction of sp³-hybridized carbons (Fsp3) is 0.118. The molecular weight excluding hydrogens is 333 g/mol. The van der Waals surface area contributed by atoms with Crippen molar-refractivity contribution in [1.29, 1.82) is 0 Å². The van der Waals surface area contributed by atoms with Crippen molar-refractivity contribution in [3.05, 3.63) is 65.5 Å². The lowest BCUT2D eigenvalue weighted by Gasteiger charge is -2.08. The lowest BCUT2D eigenvalue weighted by molar-refractivity contribution is -0.114. The summed E-state index contributed by atoms with van der Waals surface area (Å²) in [6.45, 7) is 1.70. The monoisotopic (exact) mass is 349 g/mol. The Balaban J connectivity index is 2.12. The Morgan fingerprint density at radius 3 is 2.42 bits per heavy atom. The van der Waals surface area contributed by atoms with E-state index in [9.17, 15) is 17.6 Å². The summed E-state index contributed by atoms with van der Waals surface area (Å²) >= 11 is 0. The molecule has 0 aliphatic rings. The van der Waals surface area contributed by atoms with Crippen molar-refractivity contribution in [3.8, 4) is 5.75 Å². The maximum absolute atomic E-state index is 12.8. The van der Waals surface area contributed by atoms with E-state index in [0.717, 1.165) is 6.08 Å². The summed E-state index contributed by atoms with van der Waals surface area (Å²) in [7, 11) is -2.50. The largest absolute Gasteiger partial charge is 0.496 e. The number of carbonyl (C=O) groups is 1. The van der Waals surface area contributed by atoms with Gasteiger partial charge in [-0.1, -0.05) is 12.1 Å². The van der Waals surface area contributed by atoms with Crippen LogP contribution in [0.25, 0.3) is 6.08 Å². The number of halogens is 1. The molecule has 2 rings (SSSR count). The third-order valence-corrected chi connectivity index (χ3v) is 4.55. The van der Waals surface area contributed by atoms with Gasteiger partial charge in [0, 0.05) is 6.08 Å². The van der Waals surface area contributed by atoms with Crippen molar-refractivity contribution in [3.63, 3.8) is 0 Å². The predicted octanol–water partition coefficient (Wildman–Crippen LogP) is 2.66. The van der Waals surface area contributed by atoms with Gasteiger partial charge in [-0.15, -0.1) is 0 Å². The fourth-order valence-electron chi connectivity index (χ4n) is 1.99. The average Bonchev–Trinajstić information content (AvgIpc) is 2.54. The molecule has 126 valence electrons. The van der Waals surface area contributed by atoms with Crippen molar-refractivity contribution >= 4 is 22.0 Å². The third-order valence-electron chi connectivity index (χ3n) is 3.21. The molecule has 0 unspecified atom stereocenters. The van der Waals surface area contributed by atoms with Crippen LogP contribution in [0, 0.1) is 12.7 Å². The SMILES string of the molecule is COc1ccc(S(=O)(=O)NC(=O)/C=C/c2ccc(F)cc2)cc1C. The Kier molecular flexibility index (Phi) is 5.35. The van der Waals surface area contributed by atoms with Crippen LogP contribution < -0.4 is 9.46 Å². The first kappa shape index (κ1) is 17.7. The minimum atomic E-state index is -3.98. The normalized spacial score (nSPS) is 11.5. The molecule has 0 aliphatic heterocycles. The zero-order valence-corrected chi connectivity index (χ0v) is 13.9. The van der Waals surface area contributed by atoms with Gasteiger partial charge >= 0.3 is 0 Å². The van der Waals surface area contributed by atoms with Gasteiger partial charge in [0.15, 0.2) is 0 Å². The second-order valence-corrected chi connectivity index (χ2v) is 6.67. The number of methoxy groups -OCH3 is 1. The van der Waals surface area contributed by atoms with Gasteiger partial charge in [-0.05, 0) is 54.5 Å². The number of nitrogens with one attached hydrogen (secondary N) is 1. The zero-order valence-electron chi connectivity index (χ0n) is 13.1. The van der Waals surface area contributed by atoms with E-state index in [-0.39, 0.29) is 4.90 Å². The second-order valence-electron chi connectivity index (χ2n) is 4.99. The number of hydrogen-bond acceptors (Lipinski definition) is 4. The number of sulfonamides is 1. The summed E-state index contributed by atoms with van der Waals surface area (Å²) in [5.74, 6) is -0.640. The fourth-order valence-corrected chi connectivity index (χ4v) is 3.02. The van der Waals surface area contributed by atoms with E-state index >= 15 is 0 Å². The standard InChI is InChI=1S/C17H16FNO4S/c1-12-11-15(8-9-16(12)23-2)24(21,22)19-17(20)10-5-13-3-6-14(18)7-4-13/h3-11H,1-2H3,(H,19,20)/b10-5+. The van der Waals surface area contributed by atoms with E-state index in [1.807, 2.05) is 4.72 Å². The van der Waals surface area contributed by atoms with Gasteiger partial charge in [-0.2, -0.15) is 0 Å². The summed E-state index contributed by atoms with van der Waals surface area (Å²) in [4.78, 5) is 11.8. The number of rotatable bonds is 5. The molecule has 1 N–H and O–H groups in total. The van der Waals surface area contributed by atoms with E-state index in [0.29, 0.717) is 16.9 Å². The highest BCUT2D eigenvalue weighted by atomic mass is 32.2. The molecule has 0 atom stereocenters. The van der Waals surface area contributed by atoms with Gasteiger partial charge in [0.1, 0.15) is 11.6 Å². The van der Waals surface area contributed by atoms with Crippen LogP contribution >= 0.6 is 0 Å². The van der Waals surface area contributed by atoms with Gasteiger partial charge in [-0.25, -0.2) is 17.5 Å². The molecule has 0 spiro atoms. The maximum Gasteiger partial charge on any atom is 0.264 e. The van der Waals surface area contributed by atoms with Crippen LogP contribution in [0.2, 0.25) is 0 Å². The van der Waals surface area contributed by atoms with Crippen LogP contribution in [0.5, 0.6) is 5.75 Å². The number of amides is 1. The maximum atomic E-state index is 12.8. The van der Waals surface area contributed by atoms with Crippen LogP contribution in [0.3, 0.4) is 0 Å². The van der Waals surface area contributed by atoms with Gasteiger partial charge < -0.3 is 4.74 Å². The number of hydrogen-bond donors (Lipinski definition) is 1. The highest BCUT2D eigenvalue weighted by Crippen LogP contribution is 2.21. The summed E-state index contributed by atoms with van der Waals surface area (Å²) in [6, 6.07) is 9.72. The van der Waals surface area contributed by atoms with Crippen LogP contribution in [-0.4, -0.2) is 21.4 Å². The van der Waals surface area contributed by atoms with Crippen molar-refractivity contribution in [2.45, 2.75) is 11.8 Å². The van der Waals surface area contributed by atoms with Crippen LogP contribution in [0.15, 0.2) is 53.4 Å². The molecule has 0 fully saturated rings. The Bertz CT molecular complexity index is 874. The van der Waals surface area contributed by atoms with Crippen molar-refractivity contribution in [2.75, 3.05) is 7.11 Å². The number of benzene rings is 2. The van der Waals surface area contributed by atoms with E-state index < -0.39 is 21.7 Å². The van der Waals surface area contributed by atoms with Crippen LogP contribution in [-0.2, 0) is 14.8 Å². The molecule has 24 heavy (non-hydrogen) atoms. The predicted molar refractivity (Wildman–Crippen MR) is 88.5 cm³/mol. The highest BCUT2D eigenvalue weighted by molar-refractivity contribution is 7.90. The molecule has 0 heterocycles. The molecule has 0 saturated heterocycles. The quantitative estimate of drug-likeness (QED) is 0.843. The number of carbonyl (C=O) groups excluding carboxylic acids is 1. The molecule has 0 aliphatic carbocycles. The zero-order chi connectivity index (χ0) is 17.7. The second kappa shape index (κ2) is 7.27.